The summed E-state index contributed by atoms with van der Waals surface area (Å²) in [6.45, 7) is 1.51. The SMILES string of the molecule is Cc1cc(O)c(C(=O)/C=C/c2cccn2-c2cc(Cl)cc(Cl)c2)c(=O)o1. The number of aromatic hydroxyl groups is 1. The van der Waals surface area contributed by atoms with Crippen molar-refractivity contribution < 1.29 is 14.3 Å². The molecule has 0 bridgehead atoms. The monoisotopic (exact) mass is 389 g/mol. The van der Waals surface area contributed by atoms with Crippen LogP contribution in [0.4, 0.5) is 0 Å². The molecule has 0 radical (unpaired) electrons. The first kappa shape index (κ1) is 18.0. The largest absolute Gasteiger partial charge is 0.507 e. The minimum Gasteiger partial charge on any atom is -0.507 e. The Hall–Kier alpha value is -2.76. The lowest BCUT2D eigenvalue weighted by Crippen LogP contribution is -2.13. The van der Waals surface area contributed by atoms with Gasteiger partial charge in [0.25, 0.3) is 0 Å². The number of ketones is 1. The lowest BCUT2D eigenvalue weighted by atomic mass is 10.1. The number of halogens is 2. The molecule has 7 heteroatoms. The van der Waals surface area contributed by atoms with Crippen LogP contribution in [0, 0.1) is 6.92 Å². The molecule has 3 rings (SSSR count). The number of allylic oxidation sites excluding steroid dienone is 1. The summed E-state index contributed by atoms with van der Waals surface area (Å²) in [6, 6.07) is 9.86. The van der Waals surface area contributed by atoms with E-state index in [9.17, 15) is 14.7 Å². The maximum absolute atomic E-state index is 12.3. The van der Waals surface area contributed by atoms with Gasteiger partial charge < -0.3 is 14.1 Å². The first-order valence-electron chi connectivity index (χ1n) is 7.55. The molecule has 0 aliphatic carbocycles. The number of aromatic nitrogens is 1. The van der Waals surface area contributed by atoms with Gasteiger partial charge >= 0.3 is 5.63 Å². The zero-order valence-corrected chi connectivity index (χ0v) is 15.1. The minimum atomic E-state index is -0.880. The van der Waals surface area contributed by atoms with Gasteiger partial charge in [0.15, 0.2) is 5.78 Å². The summed E-state index contributed by atoms with van der Waals surface area (Å²) in [5.74, 6) is -0.849. The molecular weight excluding hydrogens is 377 g/mol. The van der Waals surface area contributed by atoms with E-state index in [0.717, 1.165) is 5.69 Å². The van der Waals surface area contributed by atoms with E-state index in [-0.39, 0.29) is 5.76 Å². The first-order valence-corrected chi connectivity index (χ1v) is 8.30. The summed E-state index contributed by atoms with van der Waals surface area (Å²) < 4.78 is 6.64. The second-order valence-electron chi connectivity index (χ2n) is 5.53. The van der Waals surface area contributed by atoms with Crippen LogP contribution in [-0.4, -0.2) is 15.5 Å². The summed E-state index contributed by atoms with van der Waals surface area (Å²) in [6.07, 6.45) is 4.50. The number of hydrogen-bond donors (Lipinski definition) is 1. The zero-order chi connectivity index (χ0) is 18.8. The van der Waals surface area contributed by atoms with E-state index in [2.05, 4.69) is 0 Å². The van der Waals surface area contributed by atoms with Gasteiger partial charge in [-0.2, -0.15) is 0 Å². The van der Waals surface area contributed by atoms with Crippen molar-refractivity contribution in [2.45, 2.75) is 6.92 Å². The highest BCUT2D eigenvalue weighted by molar-refractivity contribution is 6.34. The Morgan fingerprint density at radius 2 is 1.88 bits per heavy atom. The van der Waals surface area contributed by atoms with Crippen molar-refractivity contribution in [3.8, 4) is 11.4 Å². The van der Waals surface area contributed by atoms with Crippen molar-refractivity contribution in [1.82, 2.24) is 4.57 Å². The Kier molecular flexibility index (Phi) is 5.02. The third kappa shape index (κ3) is 3.74. The molecule has 0 saturated heterocycles. The number of aryl methyl sites for hydroxylation is 1. The summed E-state index contributed by atoms with van der Waals surface area (Å²) in [5.41, 5.74) is 0.0925. The van der Waals surface area contributed by atoms with Gasteiger partial charge in [-0.3, -0.25) is 4.79 Å². The van der Waals surface area contributed by atoms with E-state index in [0.29, 0.717) is 15.7 Å². The molecular formula is C19H13Cl2NO4. The molecule has 0 saturated carbocycles. The van der Waals surface area contributed by atoms with Crippen LogP contribution >= 0.6 is 23.2 Å². The topological polar surface area (TPSA) is 72.4 Å². The van der Waals surface area contributed by atoms with E-state index in [1.165, 1.54) is 25.1 Å². The number of benzene rings is 1. The second kappa shape index (κ2) is 7.23. The molecule has 3 aromatic rings. The van der Waals surface area contributed by atoms with Gasteiger partial charge in [0.1, 0.15) is 17.1 Å². The van der Waals surface area contributed by atoms with Crippen molar-refractivity contribution in [2.24, 2.45) is 0 Å². The highest BCUT2D eigenvalue weighted by Crippen LogP contribution is 2.24. The van der Waals surface area contributed by atoms with Crippen LogP contribution in [-0.2, 0) is 0 Å². The van der Waals surface area contributed by atoms with Gasteiger partial charge in [-0.05, 0) is 49.4 Å². The van der Waals surface area contributed by atoms with Crippen LogP contribution in [0.1, 0.15) is 21.8 Å². The number of hydrogen-bond acceptors (Lipinski definition) is 4. The van der Waals surface area contributed by atoms with Crippen molar-refractivity contribution in [1.29, 1.82) is 0 Å². The van der Waals surface area contributed by atoms with Crippen LogP contribution in [0.3, 0.4) is 0 Å². The fourth-order valence-electron chi connectivity index (χ4n) is 2.51. The lowest BCUT2D eigenvalue weighted by molar-refractivity contribution is 0.104. The van der Waals surface area contributed by atoms with E-state index >= 15 is 0 Å². The molecule has 1 N–H and O–H groups in total. The van der Waals surface area contributed by atoms with Gasteiger partial charge in [-0.15, -0.1) is 0 Å². The first-order chi connectivity index (χ1) is 12.3. The fraction of sp³-hybridized carbons (Fsp3) is 0.0526. The van der Waals surface area contributed by atoms with E-state index in [4.69, 9.17) is 27.6 Å². The van der Waals surface area contributed by atoms with Crippen LogP contribution in [0.2, 0.25) is 10.0 Å². The van der Waals surface area contributed by atoms with E-state index in [1.807, 2.05) is 0 Å². The Morgan fingerprint density at radius 3 is 2.54 bits per heavy atom. The standard InChI is InChI=1S/C19H13Cl2NO4/c1-11-7-17(24)18(19(25)26-11)16(23)5-4-14-3-2-6-22(14)15-9-12(20)8-13(21)10-15/h2-10,24H,1H3/b5-4+. The van der Waals surface area contributed by atoms with Gasteiger partial charge in [-0.1, -0.05) is 23.2 Å². The molecule has 0 fully saturated rings. The molecule has 5 nitrogen and oxygen atoms in total. The average Bonchev–Trinajstić information content (AvgIpc) is 2.99. The molecule has 132 valence electrons. The van der Waals surface area contributed by atoms with Gasteiger partial charge in [0.05, 0.1) is 0 Å². The molecule has 1 aromatic carbocycles. The van der Waals surface area contributed by atoms with Crippen molar-refractivity contribution in [3.05, 3.63) is 86.2 Å². The number of carbonyl (C=O) groups is 1. The summed E-state index contributed by atoms with van der Waals surface area (Å²) in [5, 5.41) is 10.8. The number of carbonyl (C=O) groups excluding carboxylic acids is 1. The Bertz CT molecular complexity index is 1060. The summed E-state index contributed by atoms with van der Waals surface area (Å²) >= 11 is 12.1. The smallest absolute Gasteiger partial charge is 0.351 e. The van der Waals surface area contributed by atoms with Crippen molar-refractivity contribution in [3.63, 3.8) is 0 Å². The molecule has 0 amide bonds. The molecule has 2 aromatic heterocycles. The lowest BCUT2D eigenvalue weighted by Gasteiger charge is -2.08. The maximum Gasteiger partial charge on any atom is 0.351 e. The van der Waals surface area contributed by atoms with Gasteiger partial charge in [0, 0.05) is 33.7 Å². The van der Waals surface area contributed by atoms with Crippen LogP contribution in [0.15, 0.2) is 57.9 Å². The molecule has 0 aliphatic rings. The Balaban J connectivity index is 1.95. The predicted octanol–water partition coefficient (Wildman–Crippen LogP) is 4.65. The highest BCUT2D eigenvalue weighted by atomic mass is 35.5. The molecule has 26 heavy (non-hydrogen) atoms. The zero-order valence-electron chi connectivity index (χ0n) is 13.6. The van der Waals surface area contributed by atoms with Crippen LogP contribution in [0.25, 0.3) is 11.8 Å². The normalized spacial score (nSPS) is 11.2. The Labute approximate surface area is 158 Å². The molecule has 0 spiro atoms. The third-order valence-electron chi connectivity index (χ3n) is 3.61. The summed E-state index contributed by atoms with van der Waals surface area (Å²) in [4.78, 5) is 24.1. The Morgan fingerprint density at radius 1 is 1.19 bits per heavy atom. The average molecular weight is 390 g/mol. The fourth-order valence-corrected chi connectivity index (χ4v) is 3.03. The quantitative estimate of drug-likeness (QED) is 0.520. The van der Waals surface area contributed by atoms with Crippen LogP contribution < -0.4 is 5.63 Å². The maximum atomic E-state index is 12.3. The predicted molar refractivity (Wildman–Crippen MR) is 101 cm³/mol. The molecule has 0 aliphatic heterocycles. The van der Waals surface area contributed by atoms with E-state index in [1.54, 1.807) is 41.1 Å². The van der Waals surface area contributed by atoms with Gasteiger partial charge in [0.2, 0.25) is 0 Å². The van der Waals surface area contributed by atoms with E-state index < -0.39 is 22.7 Å². The number of rotatable bonds is 4. The van der Waals surface area contributed by atoms with Gasteiger partial charge in [-0.25, -0.2) is 4.79 Å². The highest BCUT2D eigenvalue weighted by Gasteiger charge is 2.16. The second-order valence-corrected chi connectivity index (χ2v) is 6.41. The summed E-state index contributed by atoms with van der Waals surface area (Å²) in [7, 11) is 0. The number of nitrogens with zero attached hydrogens (tertiary/aromatic N) is 1. The van der Waals surface area contributed by atoms with Crippen LogP contribution in [0.5, 0.6) is 5.75 Å². The van der Waals surface area contributed by atoms with Crippen molar-refractivity contribution >= 4 is 35.1 Å². The molecule has 2 heterocycles. The molecule has 0 unspecified atom stereocenters. The minimum absolute atomic E-state index is 0.222. The molecule has 0 atom stereocenters. The van der Waals surface area contributed by atoms with Crippen molar-refractivity contribution in [2.75, 3.05) is 0 Å². The third-order valence-corrected chi connectivity index (χ3v) is 4.05.